The fraction of sp³-hybridized carbons (Fsp3) is 0.733. The molecule has 0 aromatic carbocycles. The predicted octanol–water partition coefficient (Wildman–Crippen LogP) is 0.309. The van der Waals surface area contributed by atoms with Crippen molar-refractivity contribution in [2.24, 2.45) is 23.7 Å². The van der Waals surface area contributed by atoms with E-state index in [1.807, 2.05) is 12.2 Å². The third kappa shape index (κ3) is 2.70. The molecule has 4 rings (SSSR count). The highest BCUT2D eigenvalue weighted by Crippen LogP contribution is 2.49. The third-order valence-electron chi connectivity index (χ3n) is 4.63. The average molecular weight is 294 g/mol. The molecule has 21 heavy (non-hydrogen) atoms. The van der Waals surface area contributed by atoms with Crippen molar-refractivity contribution < 1.29 is 28.5 Å². The molecule has 2 bridgehead atoms. The number of carbonyl (C=O) groups is 2. The maximum Gasteiger partial charge on any atom is 0.310 e. The molecule has 0 aromatic rings. The van der Waals surface area contributed by atoms with Crippen LogP contribution in [-0.4, -0.2) is 50.6 Å². The van der Waals surface area contributed by atoms with Crippen LogP contribution in [0.5, 0.6) is 0 Å². The number of ether oxygens (including phenoxy) is 4. The number of esters is 2. The molecule has 0 amide bonds. The third-order valence-corrected chi connectivity index (χ3v) is 4.63. The van der Waals surface area contributed by atoms with Crippen molar-refractivity contribution in [2.45, 2.75) is 18.6 Å². The first-order valence-electron chi connectivity index (χ1n) is 7.47. The Kier molecular flexibility index (Phi) is 3.23. The molecule has 0 spiro atoms. The molecule has 6 atom stereocenters. The number of carbonyl (C=O) groups excluding carboxylic acids is 2. The van der Waals surface area contributed by atoms with E-state index in [4.69, 9.17) is 18.9 Å². The summed E-state index contributed by atoms with van der Waals surface area (Å²) in [6.45, 7) is 1.87. The highest BCUT2D eigenvalue weighted by Gasteiger charge is 2.53. The van der Waals surface area contributed by atoms with Crippen molar-refractivity contribution in [1.82, 2.24) is 0 Å². The maximum absolute atomic E-state index is 12.3. The summed E-state index contributed by atoms with van der Waals surface area (Å²) in [5, 5.41) is 0. The van der Waals surface area contributed by atoms with Crippen molar-refractivity contribution in [3.63, 3.8) is 0 Å². The summed E-state index contributed by atoms with van der Waals surface area (Å²) >= 11 is 0. The van der Waals surface area contributed by atoms with Gasteiger partial charge in [0, 0.05) is 0 Å². The monoisotopic (exact) mass is 294 g/mol. The van der Waals surface area contributed by atoms with E-state index < -0.39 is 11.8 Å². The van der Waals surface area contributed by atoms with Crippen molar-refractivity contribution >= 4 is 11.9 Å². The normalized spacial score (nSPS) is 41.9. The Morgan fingerprint density at radius 1 is 0.905 bits per heavy atom. The largest absolute Gasteiger partial charge is 0.463 e. The van der Waals surface area contributed by atoms with Gasteiger partial charge in [-0.1, -0.05) is 12.2 Å². The second kappa shape index (κ2) is 5.10. The van der Waals surface area contributed by atoms with E-state index >= 15 is 0 Å². The first kappa shape index (κ1) is 13.3. The van der Waals surface area contributed by atoms with Crippen LogP contribution in [-0.2, 0) is 28.5 Å². The highest BCUT2D eigenvalue weighted by molar-refractivity contribution is 5.84. The molecule has 114 valence electrons. The van der Waals surface area contributed by atoms with Crippen LogP contribution in [0.3, 0.4) is 0 Å². The van der Waals surface area contributed by atoms with Crippen molar-refractivity contribution in [2.75, 3.05) is 26.4 Å². The molecule has 4 aliphatic rings. The average Bonchev–Trinajstić information content (AvgIpc) is 3.41. The van der Waals surface area contributed by atoms with Crippen LogP contribution in [0.1, 0.15) is 6.42 Å². The summed E-state index contributed by atoms with van der Waals surface area (Å²) in [4.78, 5) is 24.6. The molecule has 0 radical (unpaired) electrons. The van der Waals surface area contributed by atoms with Crippen LogP contribution in [0, 0.1) is 23.7 Å². The Morgan fingerprint density at radius 3 is 1.71 bits per heavy atom. The molecule has 2 aliphatic carbocycles. The Labute approximate surface area is 122 Å². The minimum absolute atomic E-state index is 0.0421. The van der Waals surface area contributed by atoms with E-state index in [1.165, 1.54) is 0 Å². The Morgan fingerprint density at radius 2 is 1.33 bits per heavy atom. The van der Waals surface area contributed by atoms with Gasteiger partial charge in [-0.3, -0.25) is 9.59 Å². The van der Waals surface area contributed by atoms with Crippen LogP contribution in [0.25, 0.3) is 0 Å². The second-order valence-electron chi connectivity index (χ2n) is 6.17. The lowest BCUT2D eigenvalue weighted by Gasteiger charge is -2.24. The number of rotatable bonds is 6. The van der Waals surface area contributed by atoms with Gasteiger partial charge in [0.1, 0.15) is 25.4 Å². The zero-order valence-corrected chi connectivity index (χ0v) is 11.6. The van der Waals surface area contributed by atoms with Gasteiger partial charge in [0.15, 0.2) is 0 Å². The maximum atomic E-state index is 12.3. The minimum Gasteiger partial charge on any atom is -0.463 e. The number of hydrogen-bond donors (Lipinski definition) is 0. The lowest BCUT2D eigenvalue weighted by Crippen LogP contribution is -2.36. The minimum atomic E-state index is -0.411. The van der Waals surface area contributed by atoms with E-state index in [2.05, 4.69) is 0 Å². The molecular weight excluding hydrogens is 276 g/mol. The molecule has 0 aromatic heterocycles. The molecule has 3 fully saturated rings. The molecule has 2 saturated heterocycles. The van der Waals surface area contributed by atoms with Gasteiger partial charge in [0.2, 0.25) is 0 Å². The van der Waals surface area contributed by atoms with Crippen LogP contribution < -0.4 is 0 Å². The van der Waals surface area contributed by atoms with Gasteiger partial charge in [0.05, 0.1) is 25.0 Å². The lowest BCUT2D eigenvalue weighted by molar-refractivity contribution is -0.162. The van der Waals surface area contributed by atoms with Gasteiger partial charge < -0.3 is 18.9 Å². The fourth-order valence-corrected chi connectivity index (χ4v) is 3.34. The summed E-state index contributed by atoms with van der Waals surface area (Å²) in [6.07, 6.45) is 4.97. The van der Waals surface area contributed by atoms with Gasteiger partial charge in [-0.2, -0.15) is 0 Å². The first-order chi connectivity index (χ1) is 10.2. The number of fused-ring (bicyclic) bond motifs is 2. The summed E-state index contributed by atoms with van der Waals surface area (Å²) in [7, 11) is 0. The molecule has 1 saturated carbocycles. The summed E-state index contributed by atoms with van der Waals surface area (Å²) in [5.74, 6) is -1.23. The van der Waals surface area contributed by atoms with Gasteiger partial charge in [-0.05, 0) is 18.3 Å². The standard InChI is InChI=1S/C15H18O6/c16-14(20-6-10-4-18-10)12-8-1-2-9(3-8)13(12)15(17)21-7-11-5-19-11/h1-2,8-13H,3-7H2. The quantitative estimate of drug-likeness (QED) is 0.398. The summed E-state index contributed by atoms with van der Waals surface area (Å²) in [5.41, 5.74) is 0. The highest BCUT2D eigenvalue weighted by atomic mass is 16.6. The molecule has 0 N–H and O–H groups in total. The van der Waals surface area contributed by atoms with Crippen molar-refractivity contribution in [3.8, 4) is 0 Å². The van der Waals surface area contributed by atoms with E-state index in [0.717, 1.165) is 6.42 Å². The molecule has 2 aliphatic heterocycles. The molecule has 6 nitrogen and oxygen atoms in total. The van der Waals surface area contributed by atoms with Crippen LogP contribution >= 0.6 is 0 Å². The number of epoxide rings is 2. The zero-order valence-electron chi connectivity index (χ0n) is 11.6. The van der Waals surface area contributed by atoms with Crippen LogP contribution in [0.15, 0.2) is 12.2 Å². The van der Waals surface area contributed by atoms with Gasteiger partial charge in [0.25, 0.3) is 0 Å². The number of hydrogen-bond acceptors (Lipinski definition) is 6. The lowest BCUT2D eigenvalue weighted by atomic mass is 9.83. The molecule has 2 heterocycles. The van der Waals surface area contributed by atoms with E-state index in [1.54, 1.807) is 0 Å². The summed E-state index contributed by atoms with van der Waals surface area (Å²) < 4.78 is 20.6. The Bertz CT molecular complexity index is 437. The SMILES string of the molecule is O=C(OCC1CO1)C1C2C=CC(C2)C1C(=O)OCC1CO1. The Hall–Kier alpha value is -1.40. The zero-order chi connectivity index (χ0) is 14.4. The van der Waals surface area contributed by atoms with Crippen LogP contribution in [0.2, 0.25) is 0 Å². The number of allylic oxidation sites excluding steroid dienone is 2. The first-order valence-corrected chi connectivity index (χ1v) is 7.47. The smallest absolute Gasteiger partial charge is 0.310 e. The topological polar surface area (TPSA) is 77.7 Å². The fourth-order valence-electron chi connectivity index (χ4n) is 3.34. The van der Waals surface area contributed by atoms with Gasteiger partial charge >= 0.3 is 11.9 Å². The van der Waals surface area contributed by atoms with E-state index in [9.17, 15) is 9.59 Å². The van der Waals surface area contributed by atoms with E-state index in [-0.39, 0.29) is 49.2 Å². The Balaban J connectivity index is 1.40. The predicted molar refractivity (Wildman–Crippen MR) is 69.1 cm³/mol. The van der Waals surface area contributed by atoms with Gasteiger partial charge in [-0.15, -0.1) is 0 Å². The van der Waals surface area contributed by atoms with Crippen LogP contribution in [0.4, 0.5) is 0 Å². The van der Waals surface area contributed by atoms with E-state index in [0.29, 0.717) is 13.2 Å². The van der Waals surface area contributed by atoms with Crippen molar-refractivity contribution in [3.05, 3.63) is 12.2 Å². The second-order valence-corrected chi connectivity index (χ2v) is 6.17. The molecule has 6 heteroatoms. The molecular formula is C15H18O6. The van der Waals surface area contributed by atoms with Gasteiger partial charge in [-0.25, -0.2) is 0 Å². The summed E-state index contributed by atoms with van der Waals surface area (Å²) in [6, 6.07) is 0. The van der Waals surface area contributed by atoms with Crippen molar-refractivity contribution in [1.29, 1.82) is 0 Å². The molecule has 6 unspecified atom stereocenters.